The largest absolute Gasteiger partial charge is 0.393 e. The van der Waals surface area contributed by atoms with Gasteiger partial charge in [-0.25, -0.2) is 4.72 Å². The Morgan fingerprint density at radius 3 is 2.64 bits per heavy atom. The highest BCUT2D eigenvalue weighted by Crippen LogP contribution is 2.19. The molecule has 0 radical (unpaired) electrons. The Balaban J connectivity index is 2.09. The van der Waals surface area contributed by atoms with Crippen molar-refractivity contribution in [3.05, 3.63) is 0 Å². The van der Waals surface area contributed by atoms with E-state index in [2.05, 4.69) is 9.44 Å². The molecule has 0 amide bonds. The first-order chi connectivity index (χ1) is 6.49. The average Bonchev–Trinajstić information content (AvgIpc) is 2.81. The molecule has 0 aromatic heterocycles. The number of aliphatic hydroxyl groups excluding tert-OH is 1. The van der Waals surface area contributed by atoms with Crippen LogP contribution in [0.1, 0.15) is 32.6 Å². The number of aliphatic hydroxyl groups is 1. The molecule has 1 saturated carbocycles. The van der Waals surface area contributed by atoms with E-state index in [1.165, 1.54) is 0 Å². The number of rotatable bonds is 7. The Bertz CT molecular complexity index is 260. The fourth-order valence-electron chi connectivity index (χ4n) is 1.07. The summed E-state index contributed by atoms with van der Waals surface area (Å²) in [6, 6.07) is 0.143. The normalized spacial score (nSPS) is 19.6. The SMILES string of the molecule is CC(O)CCCNS(=O)(=O)NC1CC1. The Morgan fingerprint density at radius 2 is 2.14 bits per heavy atom. The van der Waals surface area contributed by atoms with Crippen LogP contribution >= 0.6 is 0 Å². The van der Waals surface area contributed by atoms with Crippen LogP contribution in [0.2, 0.25) is 0 Å². The van der Waals surface area contributed by atoms with Crippen LogP contribution in [0.15, 0.2) is 0 Å². The van der Waals surface area contributed by atoms with Crippen molar-refractivity contribution in [2.24, 2.45) is 0 Å². The summed E-state index contributed by atoms with van der Waals surface area (Å²) in [5.41, 5.74) is 0. The van der Waals surface area contributed by atoms with Gasteiger partial charge in [0.25, 0.3) is 10.2 Å². The van der Waals surface area contributed by atoms with Gasteiger partial charge in [0.2, 0.25) is 0 Å². The zero-order valence-corrected chi connectivity index (χ0v) is 9.18. The van der Waals surface area contributed by atoms with E-state index in [-0.39, 0.29) is 12.1 Å². The molecular formula is C8H18N2O3S. The minimum absolute atomic E-state index is 0.143. The van der Waals surface area contributed by atoms with Crippen LogP contribution < -0.4 is 9.44 Å². The highest BCUT2D eigenvalue weighted by atomic mass is 32.2. The molecule has 3 N–H and O–H groups in total. The maximum atomic E-state index is 11.2. The van der Waals surface area contributed by atoms with Gasteiger partial charge in [-0.1, -0.05) is 0 Å². The van der Waals surface area contributed by atoms with E-state index in [0.29, 0.717) is 19.4 Å². The number of hydrogen-bond acceptors (Lipinski definition) is 3. The Labute approximate surface area is 85.1 Å². The standard InChI is InChI=1S/C8H18N2O3S/c1-7(11)3-2-6-9-14(12,13)10-8-4-5-8/h7-11H,2-6H2,1H3. The zero-order valence-electron chi connectivity index (χ0n) is 8.36. The molecule has 5 nitrogen and oxygen atoms in total. The molecule has 0 saturated heterocycles. The minimum Gasteiger partial charge on any atom is -0.393 e. The summed E-state index contributed by atoms with van der Waals surface area (Å²) < 4.78 is 27.4. The van der Waals surface area contributed by atoms with Crippen LogP contribution in [0.4, 0.5) is 0 Å². The quantitative estimate of drug-likeness (QED) is 0.519. The van der Waals surface area contributed by atoms with Crippen LogP contribution in [0.3, 0.4) is 0 Å². The van der Waals surface area contributed by atoms with Crippen molar-refractivity contribution in [2.45, 2.75) is 44.8 Å². The molecule has 0 aromatic rings. The first kappa shape index (κ1) is 11.9. The van der Waals surface area contributed by atoms with Gasteiger partial charge in [0.05, 0.1) is 6.10 Å². The summed E-state index contributed by atoms with van der Waals surface area (Å²) in [5, 5.41) is 8.94. The minimum atomic E-state index is -3.30. The Hall–Kier alpha value is -0.170. The van der Waals surface area contributed by atoms with E-state index in [0.717, 1.165) is 12.8 Å². The molecule has 0 bridgehead atoms. The first-order valence-electron chi connectivity index (χ1n) is 4.94. The summed E-state index contributed by atoms with van der Waals surface area (Å²) in [7, 11) is -3.30. The van der Waals surface area contributed by atoms with Crippen LogP contribution in [-0.2, 0) is 10.2 Å². The fourth-order valence-corrected chi connectivity index (χ4v) is 2.24. The lowest BCUT2D eigenvalue weighted by atomic mass is 10.2. The molecule has 14 heavy (non-hydrogen) atoms. The molecule has 1 fully saturated rings. The third-order valence-electron chi connectivity index (χ3n) is 1.99. The first-order valence-corrected chi connectivity index (χ1v) is 6.43. The second-order valence-corrected chi connectivity index (χ2v) is 5.31. The molecule has 0 heterocycles. The Morgan fingerprint density at radius 1 is 1.50 bits per heavy atom. The number of hydrogen-bond donors (Lipinski definition) is 3. The second kappa shape index (κ2) is 5.06. The molecule has 0 aromatic carbocycles. The molecule has 6 heteroatoms. The van der Waals surface area contributed by atoms with Crippen LogP contribution in [-0.4, -0.2) is 32.2 Å². The lowest BCUT2D eigenvalue weighted by Gasteiger charge is -2.07. The predicted molar refractivity (Wildman–Crippen MR) is 54.0 cm³/mol. The summed E-state index contributed by atoms with van der Waals surface area (Å²) in [6.07, 6.45) is 2.79. The smallest absolute Gasteiger partial charge is 0.277 e. The van der Waals surface area contributed by atoms with Crippen molar-refractivity contribution in [1.29, 1.82) is 0 Å². The lowest BCUT2D eigenvalue weighted by molar-refractivity contribution is 0.182. The highest BCUT2D eigenvalue weighted by Gasteiger charge is 2.26. The van der Waals surface area contributed by atoms with Gasteiger partial charge >= 0.3 is 0 Å². The van der Waals surface area contributed by atoms with E-state index in [1.54, 1.807) is 6.92 Å². The van der Waals surface area contributed by atoms with Crippen LogP contribution in [0, 0.1) is 0 Å². The molecule has 1 atom stereocenters. The Kier molecular flexibility index (Phi) is 4.31. The van der Waals surface area contributed by atoms with Gasteiger partial charge in [0, 0.05) is 12.6 Å². The van der Waals surface area contributed by atoms with E-state index < -0.39 is 10.2 Å². The van der Waals surface area contributed by atoms with Crippen molar-refractivity contribution < 1.29 is 13.5 Å². The third-order valence-corrected chi connectivity index (χ3v) is 3.22. The molecule has 1 aliphatic carbocycles. The van der Waals surface area contributed by atoms with Gasteiger partial charge in [-0.2, -0.15) is 13.1 Å². The molecule has 1 unspecified atom stereocenters. The van der Waals surface area contributed by atoms with E-state index >= 15 is 0 Å². The molecule has 0 spiro atoms. The summed E-state index contributed by atoms with van der Waals surface area (Å²) in [6.45, 7) is 2.07. The zero-order chi connectivity index (χ0) is 10.6. The molecule has 84 valence electrons. The third kappa shape index (κ3) is 5.54. The van der Waals surface area contributed by atoms with Crippen molar-refractivity contribution in [2.75, 3.05) is 6.54 Å². The molecule has 1 rings (SSSR count). The van der Waals surface area contributed by atoms with Crippen molar-refractivity contribution in [3.8, 4) is 0 Å². The second-order valence-electron chi connectivity index (χ2n) is 3.78. The average molecular weight is 222 g/mol. The summed E-state index contributed by atoms with van der Waals surface area (Å²) >= 11 is 0. The van der Waals surface area contributed by atoms with Crippen molar-refractivity contribution in [1.82, 2.24) is 9.44 Å². The maximum absolute atomic E-state index is 11.2. The highest BCUT2D eigenvalue weighted by molar-refractivity contribution is 7.87. The van der Waals surface area contributed by atoms with Gasteiger partial charge in [-0.15, -0.1) is 0 Å². The van der Waals surface area contributed by atoms with Crippen LogP contribution in [0.25, 0.3) is 0 Å². The van der Waals surface area contributed by atoms with Gasteiger partial charge in [0.15, 0.2) is 0 Å². The van der Waals surface area contributed by atoms with E-state index in [1.807, 2.05) is 0 Å². The van der Waals surface area contributed by atoms with Crippen LogP contribution in [0.5, 0.6) is 0 Å². The predicted octanol–water partition coefficient (Wildman–Crippen LogP) is -0.266. The maximum Gasteiger partial charge on any atom is 0.277 e. The van der Waals surface area contributed by atoms with Gasteiger partial charge in [0.1, 0.15) is 0 Å². The fraction of sp³-hybridized carbons (Fsp3) is 1.00. The summed E-state index contributed by atoms with van der Waals surface area (Å²) in [5.74, 6) is 0. The summed E-state index contributed by atoms with van der Waals surface area (Å²) in [4.78, 5) is 0. The van der Waals surface area contributed by atoms with Crippen molar-refractivity contribution >= 4 is 10.2 Å². The molecule has 0 aliphatic heterocycles. The van der Waals surface area contributed by atoms with Gasteiger partial charge in [-0.05, 0) is 32.6 Å². The van der Waals surface area contributed by atoms with E-state index in [9.17, 15) is 8.42 Å². The van der Waals surface area contributed by atoms with E-state index in [4.69, 9.17) is 5.11 Å². The lowest BCUT2D eigenvalue weighted by Crippen LogP contribution is -2.38. The molecule has 1 aliphatic rings. The molecular weight excluding hydrogens is 204 g/mol. The monoisotopic (exact) mass is 222 g/mol. The van der Waals surface area contributed by atoms with Gasteiger partial charge in [-0.3, -0.25) is 0 Å². The number of nitrogens with one attached hydrogen (secondary N) is 2. The van der Waals surface area contributed by atoms with Gasteiger partial charge < -0.3 is 5.11 Å². The van der Waals surface area contributed by atoms with Crippen molar-refractivity contribution in [3.63, 3.8) is 0 Å². The topological polar surface area (TPSA) is 78.4 Å².